The number of nitrogens with one attached hydrogen (secondary N) is 1. The van der Waals surface area contributed by atoms with Crippen LogP contribution in [0, 0.1) is 0 Å². The molecule has 0 amide bonds. The average molecular weight is 497 g/mol. The van der Waals surface area contributed by atoms with E-state index in [1.54, 1.807) is 46.4 Å². The minimum atomic E-state index is -0.889. The zero-order chi connectivity index (χ0) is 24.7. The van der Waals surface area contributed by atoms with Gasteiger partial charge < -0.3 is 15.3 Å². The molecule has 1 fully saturated rings. The molecule has 8 nitrogen and oxygen atoms in total. The molecule has 35 heavy (non-hydrogen) atoms. The maximum absolute atomic E-state index is 12.6. The summed E-state index contributed by atoms with van der Waals surface area (Å²) >= 11 is 6.33. The van der Waals surface area contributed by atoms with E-state index in [-0.39, 0.29) is 17.2 Å². The number of carboxylic acids is 1. The van der Waals surface area contributed by atoms with Crippen LogP contribution in [0.2, 0.25) is 5.02 Å². The molecule has 0 aliphatic carbocycles. The molecule has 1 aromatic carbocycles. The van der Waals surface area contributed by atoms with Crippen LogP contribution in [0.5, 0.6) is 0 Å². The van der Waals surface area contributed by atoms with Gasteiger partial charge in [0.25, 0.3) is 11.1 Å². The van der Waals surface area contributed by atoms with Crippen molar-refractivity contribution in [3.63, 3.8) is 0 Å². The van der Waals surface area contributed by atoms with E-state index in [0.29, 0.717) is 29.7 Å². The van der Waals surface area contributed by atoms with Crippen molar-refractivity contribution in [2.24, 2.45) is 0 Å². The van der Waals surface area contributed by atoms with Crippen LogP contribution in [0.4, 0.5) is 0 Å². The van der Waals surface area contributed by atoms with Crippen molar-refractivity contribution in [2.45, 2.75) is 50.9 Å². The predicted octanol–water partition coefficient (Wildman–Crippen LogP) is 2.81. The lowest BCUT2D eigenvalue weighted by Gasteiger charge is -2.34. The monoisotopic (exact) mass is 496 g/mol. The van der Waals surface area contributed by atoms with Gasteiger partial charge in [-0.2, -0.15) is 0 Å². The second-order valence-electron chi connectivity index (χ2n) is 9.63. The summed E-state index contributed by atoms with van der Waals surface area (Å²) in [5, 5.41) is 14.2. The zero-order valence-electron chi connectivity index (χ0n) is 19.6. The standard InChI is InChI=1S/C26H29ClN4O4/c1-16(26(34)35)21-5-2-17(12-22(21)27)13-28-19-8-10-29(11-9-19)14-20-15-30-23(32)6-3-18-4-7-24(33)31(20)25(18)30/h2-7,12,16,19-20,28H,8-11,13-15H2,1H3,(H,34,35)/t16?,20-/m1/s1. The number of pyridine rings is 2. The number of piperidine rings is 1. The fourth-order valence-electron chi connectivity index (χ4n) is 5.34. The molecule has 4 heterocycles. The Morgan fingerprint density at radius 2 is 1.83 bits per heavy atom. The SMILES string of the molecule is CC(C(=O)O)c1ccc(CNC2CCN(C[C@@H]3Cn4c(=O)ccc5ccc(=O)n3c54)CC2)cc1Cl. The second kappa shape index (κ2) is 9.60. The Hall–Kier alpha value is -2.94. The summed E-state index contributed by atoms with van der Waals surface area (Å²) in [4.78, 5) is 38.6. The van der Waals surface area contributed by atoms with E-state index < -0.39 is 11.9 Å². The number of benzene rings is 1. The summed E-state index contributed by atoms with van der Waals surface area (Å²) < 4.78 is 3.52. The molecule has 0 bridgehead atoms. The van der Waals surface area contributed by atoms with Crippen molar-refractivity contribution < 1.29 is 9.90 Å². The summed E-state index contributed by atoms with van der Waals surface area (Å²) in [5.74, 6) is -1.53. The fourth-order valence-corrected chi connectivity index (χ4v) is 5.70. The number of hydrogen-bond acceptors (Lipinski definition) is 5. The summed E-state index contributed by atoms with van der Waals surface area (Å²) in [6.07, 6.45) is 1.97. The van der Waals surface area contributed by atoms with E-state index in [1.807, 2.05) is 12.1 Å². The Morgan fingerprint density at radius 1 is 1.11 bits per heavy atom. The van der Waals surface area contributed by atoms with Crippen LogP contribution in [0.25, 0.3) is 11.0 Å². The third-order valence-electron chi connectivity index (χ3n) is 7.37. The molecule has 5 rings (SSSR count). The third kappa shape index (κ3) is 4.66. The van der Waals surface area contributed by atoms with Crippen molar-refractivity contribution >= 4 is 28.6 Å². The Balaban J connectivity index is 1.17. The van der Waals surface area contributed by atoms with Gasteiger partial charge in [-0.25, -0.2) is 0 Å². The first-order valence-electron chi connectivity index (χ1n) is 12.0. The number of halogens is 1. The van der Waals surface area contributed by atoms with E-state index in [4.69, 9.17) is 11.6 Å². The highest BCUT2D eigenvalue weighted by Crippen LogP contribution is 2.27. The van der Waals surface area contributed by atoms with Gasteiger partial charge >= 0.3 is 5.97 Å². The lowest BCUT2D eigenvalue weighted by Crippen LogP contribution is -2.44. The molecule has 0 saturated carbocycles. The van der Waals surface area contributed by atoms with Crippen LogP contribution in [-0.2, 0) is 17.9 Å². The van der Waals surface area contributed by atoms with Gasteiger partial charge in [0.15, 0.2) is 0 Å². The number of nitrogens with zero attached hydrogens (tertiary/aromatic N) is 3. The second-order valence-corrected chi connectivity index (χ2v) is 10.0. The topological polar surface area (TPSA) is 96.6 Å². The number of hydrogen-bond donors (Lipinski definition) is 2. The van der Waals surface area contributed by atoms with Crippen molar-refractivity contribution in [2.75, 3.05) is 19.6 Å². The number of rotatable bonds is 7. The first-order valence-corrected chi connectivity index (χ1v) is 12.4. The van der Waals surface area contributed by atoms with Gasteiger partial charge in [-0.1, -0.05) is 23.7 Å². The first-order chi connectivity index (χ1) is 16.8. The molecular formula is C26H29ClN4O4. The van der Waals surface area contributed by atoms with Crippen LogP contribution >= 0.6 is 11.6 Å². The molecule has 2 atom stereocenters. The largest absolute Gasteiger partial charge is 0.481 e. The maximum Gasteiger partial charge on any atom is 0.310 e. The summed E-state index contributed by atoms with van der Waals surface area (Å²) in [5.41, 5.74) is 2.27. The van der Waals surface area contributed by atoms with Crippen LogP contribution in [0.15, 0.2) is 52.1 Å². The van der Waals surface area contributed by atoms with E-state index >= 15 is 0 Å². The summed E-state index contributed by atoms with van der Waals surface area (Å²) in [7, 11) is 0. The number of aliphatic carboxylic acids is 1. The van der Waals surface area contributed by atoms with Crippen molar-refractivity contribution in [3.8, 4) is 0 Å². The smallest absolute Gasteiger partial charge is 0.310 e. The Kier molecular flexibility index (Phi) is 6.53. The van der Waals surface area contributed by atoms with E-state index in [2.05, 4.69) is 10.2 Å². The molecule has 0 spiro atoms. The maximum atomic E-state index is 12.6. The van der Waals surface area contributed by atoms with Crippen molar-refractivity contribution in [3.05, 3.63) is 79.3 Å². The molecule has 2 aromatic heterocycles. The average Bonchev–Trinajstić information content (AvgIpc) is 3.23. The minimum absolute atomic E-state index is 0.0420. The van der Waals surface area contributed by atoms with Crippen LogP contribution in [-0.4, -0.2) is 50.8 Å². The lowest BCUT2D eigenvalue weighted by molar-refractivity contribution is -0.138. The molecule has 3 aromatic rings. The normalized spacial score (nSPS) is 19.3. The molecule has 2 N–H and O–H groups in total. The van der Waals surface area contributed by atoms with Crippen LogP contribution in [0.1, 0.15) is 42.9 Å². The van der Waals surface area contributed by atoms with Gasteiger partial charge in [0, 0.05) is 48.2 Å². The van der Waals surface area contributed by atoms with E-state index in [9.17, 15) is 19.5 Å². The highest BCUT2D eigenvalue weighted by molar-refractivity contribution is 6.31. The molecule has 0 radical (unpaired) electrons. The molecule has 184 valence electrons. The first kappa shape index (κ1) is 23.8. The predicted molar refractivity (Wildman–Crippen MR) is 135 cm³/mol. The van der Waals surface area contributed by atoms with Crippen LogP contribution < -0.4 is 16.4 Å². The van der Waals surface area contributed by atoms with Gasteiger partial charge in [-0.05, 0) is 62.2 Å². The third-order valence-corrected chi connectivity index (χ3v) is 7.70. The zero-order valence-corrected chi connectivity index (χ0v) is 20.4. The van der Waals surface area contributed by atoms with Gasteiger partial charge in [-0.3, -0.25) is 23.5 Å². The quantitative estimate of drug-likeness (QED) is 0.522. The van der Waals surface area contributed by atoms with Gasteiger partial charge in [0.1, 0.15) is 5.65 Å². The van der Waals surface area contributed by atoms with Crippen molar-refractivity contribution in [1.29, 1.82) is 0 Å². The molecule has 9 heteroatoms. The Labute approximate surface area is 207 Å². The Bertz CT molecular complexity index is 1390. The van der Waals surface area contributed by atoms with Gasteiger partial charge in [0.2, 0.25) is 0 Å². The van der Waals surface area contributed by atoms with Gasteiger partial charge in [-0.15, -0.1) is 0 Å². The number of likely N-dealkylation sites (tertiary alicyclic amines) is 1. The molecule has 1 saturated heterocycles. The molecule has 2 aliphatic heterocycles. The lowest BCUT2D eigenvalue weighted by atomic mass is 9.99. The van der Waals surface area contributed by atoms with E-state index in [0.717, 1.165) is 49.1 Å². The molecular weight excluding hydrogens is 468 g/mol. The van der Waals surface area contributed by atoms with E-state index in [1.165, 1.54) is 0 Å². The fraction of sp³-hybridized carbons (Fsp3) is 0.423. The molecule has 2 aliphatic rings. The highest BCUT2D eigenvalue weighted by Gasteiger charge is 2.29. The van der Waals surface area contributed by atoms with Gasteiger partial charge in [0.05, 0.1) is 12.0 Å². The number of carbonyl (C=O) groups is 1. The summed E-state index contributed by atoms with van der Waals surface area (Å²) in [6.45, 7) is 5.41. The Morgan fingerprint density at radius 3 is 2.51 bits per heavy atom. The van der Waals surface area contributed by atoms with Crippen molar-refractivity contribution in [1.82, 2.24) is 19.4 Å². The number of carboxylic acid groups (broad SMARTS) is 1. The number of aromatic nitrogens is 2. The highest BCUT2D eigenvalue weighted by atomic mass is 35.5. The minimum Gasteiger partial charge on any atom is -0.481 e. The molecule has 1 unspecified atom stereocenters. The van der Waals surface area contributed by atoms with Crippen LogP contribution in [0.3, 0.4) is 0 Å². The summed E-state index contributed by atoms with van der Waals surface area (Å²) in [6, 6.07) is 12.6.